The molecule has 3 amide bonds. The van der Waals surface area contributed by atoms with Crippen LogP contribution in [-0.2, 0) is 9.53 Å². The second-order valence-electron chi connectivity index (χ2n) is 10.2. The Balaban J connectivity index is 1.22. The number of rotatable bonds is 7. The van der Waals surface area contributed by atoms with Crippen molar-refractivity contribution in [3.05, 3.63) is 84.6 Å². The van der Waals surface area contributed by atoms with Gasteiger partial charge in [-0.25, -0.2) is 14.8 Å². The molecule has 0 bridgehead atoms. The van der Waals surface area contributed by atoms with Crippen LogP contribution >= 0.6 is 0 Å². The number of ether oxygens (including phenoxy) is 1. The van der Waals surface area contributed by atoms with E-state index in [9.17, 15) is 9.59 Å². The molecule has 0 spiro atoms. The standard InChI is InChI=1S/C33H32N6O4/c1-3-30(40)34-24-10-12-26(13-11-24)36-33(41)35-25-8-5-22(6-9-25)31-37-28-20-23(29-15-4-21(2)43-29)7-14-27(28)32(38-31)39-16-18-42-19-17-39/h4-15,20H,3,16-19H2,1-2H3,(H,34,40)(H2,35,36,41). The molecule has 3 N–H and O–H groups in total. The van der Waals surface area contributed by atoms with Crippen LogP contribution in [0.4, 0.5) is 27.7 Å². The molecule has 0 unspecified atom stereocenters. The molecule has 10 heteroatoms. The highest BCUT2D eigenvalue weighted by atomic mass is 16.5. The molecular formula is C33H32N6O4. The Bertz CT molecular complexity index is 1760. The number of morpholine rings is 1. The summed E-state index contributed by atoms with van der Waals surface area (Å²) in [4.78, 5) is 36.3. The lowest BCUT2D eigenvalue weighted by Gasteiger charge is -2.29. The van der Waals surface area contributed by atoms with Crippen LogP contribution in [0.5, 0.6) is 0 Å². The van der Waals surface area contributed by atoms with Crippen LogP contribution in [0.2, 0.25) is 0 Å². The lowest BCUT2D eigenvalue weighted by Crippen LogP contribution is -2.37. The molecule has 3 aromatic carbocycles. The number of benzene rings is 3. The molecular weight excluding hydrogens is 544 g/mol. The zero-order chi connectivity index (χ0) is 29.8. The van der Waals surface area contributed by atoms with E-state index >= 15 is 0 Å². The predicted octanol–water partition coefficient (Wildman–Crippen LogP) is 6.69. The monoisotopic (exact) mass is 576 g/mol. The third kappa shape index (κ3) is 6.49. The maximum absolute atomic E-state index is 12.6. The average Bonchev–Trinajstić information content (AvgIpc) is 3.48. The minimum Gasteiger partial charge on any atom is -0.461 e. The molecule has 43 heavy (non-hydrogen) atoms. The van der Waals surface area contributed by atoms with E-state index in [4.69, 9.17) is 19.1 Å². The van der Waals surface area contributed by atoms with Gasteiger partial charge in [0, 0.05) is 53.1 Å². The van der Waals surface area contributed by atoms with Crippen molar-refractivity contribution in [2.45, 2.75) is 20.3 Å². The summed E-state index contributed by atoms with van der Waals surface area (Å²) in [5.74, 6) is 3.04. The molecule has 3 heterocycles. The third-order valence-electron chi connectivity index (χ3n) is 7.16. The highest BCUT2D eigenvalue weighted by molar-refractivity contribution is 6.00. The second-order valence-corrected chi connectivity index (χ2v) is 10.2. The largest absolute Gasteiger partial charge is 0.461 e. The number of urea groups is 1. The molecule has 6 rings (SSSR count). The molecule has 5 aromatic rings. The van der Waals surface area contributed by atoms with Gasteiger partial charge in [-0.05, 0) is 79.7 Å². The molecule has 0 atom stereocenters. The van der Waals surface area contributed by atoms with E-state index in [1.165, 1.54) is 0 Å². The van der Waals surface area contributed by atoms with E-state index < -0.39 is 0 Å². The van der Waals surface area contributed by atoms with Gasteiger partial charge in [-0.2, -0.15) is 0 Å². The summed E-state index contributed by atoms with van der Waals surface area (Å²) in [6.07, 6.45) is 0.398. The number of carbonyl (C=O) groups is 2. The fourth-order valence-electron chi connectivity index (χ4n) is 4.88. The number of aryl methyl sites for hydroxylation is 1. The Morgan fingerprint density at radius 1 is 0.791 bits per heavy atom. The van der Waals surface area contributed by atoms with Gasteiger partial charge in [0.25, 0.3) is 0 Å². The van der Waals surface area contributed by atoms with E-state index in [0.717, 1.165) is 52.5 Å². The number of nitrogens with one attached hydrogen (secondary N) is 3. The molecule has 0 radical (unpaired) electrons. The molecule has 1 aliphatic heterocycles. The summed E-state index contributed by atoms with van der Waals surface area (Å²) in [6, 6.07) is 24.0. The summed E-state index contributed by atoms with van der Waals surface area (Å²) in [6.45, 7) is 6.51. The molecule has 1 aliphatic rings. The number of nitrogens with zero attached hydrogens (tertiary/aromatic N) is 3. The summed E-state index contributed by atoms with van der Waals surface area (Å²) >= 11 is 0. The molecule has 10 nitrogen and oxygen atoms in total. The number of furan rings is 1. The smallest absolute Gasteiger partial charge is 0.323 e. The summed E-state index contributed by atoms with van der Waals surface area (Å²) in [7, 11) is 0. The maximum Gasteiger partial charge on any atom is 0.323 e. The highest BCUT2D eigenvalue weighted by Gasteiger charge is 2.19. The third-order valence-corrected chi connectivity index (χ3v) is 7.16. The van der Waals surface area contributed by atoms with Crippen LogP contribution in [0.1, 0.15) is 19.1 Å². The first-order chi connectivity index (χ1) is 20.9. The summed E-state index contributed by atoms with van der Waals surface area (Å²) in [5, 5.41) is 9.41. The molecule has 0 aliphatic carbocycles. The molecule has 2 aromatic heterocycles. The molecule has 1 saturated heterocycles. The van der Waals surface area contributed by atoms with Crippen molar-refractivity contribution in [3.63, 3.8) is 0 Å². The number of anilines is 4. The number of hydrogen-bond donors (Lipinski definition) is 3. The van der Waals surface area contributed by atoms with E-state index in [-0.39, 0.29) is 11.9 Å². The van der Waals surface area contributed by atoms with Gasteiger partial charge in [0.1, 0.15) is 17.3 Å². The fraction of sp³-hybridized carbons (Fsp3) is 0.212. The Hall–Kier alpha value is -5.22. The second kappa shape index (κ2) is 12.3. The zero-order valence-corrected chi connectivity index (χ0v) is 24.0. The first kappa shape index (κ1) is 27.9. The fourth-order valence-corrected chi connectivity index (χ4v) is 4.88. The normalized spacial score (nSPS) is 13.1. The van der Waals surface area contributed by atoms with Crippen molar-refractivity contribution < 1.29 is 18.7 Å². The van der Waals surface area contributed by atoms with Gasteiger partial charge < -0.3 is 30.0 Å². The molecule has 218 valence electrons. The van der Waals surface area contributed by atoms with Gasteiger partial charge >= 0.3 is 6.03 Å². The zero-order valence-electron chi connectivity index (χ0n) is 24.0. The quantitative estimate of drug-likeness (QED) is 0.197. The van der Waals surface area contributed by atoms with E-state index in [0.29, 0.717) is 42.5 Å². The number of fused-ring (bicyclic) bond motifs is 1. The van der Waals surface area contributed by atoms with Crippen molar-refractivity contribution >= 4 is 45.7 Å². The first-order valence-corrected chi connectivity index (χ1v) is 14.2. The Morgan fingerprint density at radius 3 is 2.05 bits per heavy atom. The molecule has 0 saturated carbocycles. The van der Waals surface area contributed by atoms with E-state index in [2.05, 4.69) is 26.9 Å². The first-order valence-electron chi connectivity index (χ1n) is 14.2. The summed E-state index contributed by atoms with van der Waals surface area (Å²) in [5.41, 5.74) is 4.49. The Morgan fingerprint density at radius 2 is 1.42 bits per heavy atom. The van der Waals surface area contributed by atoms with Crippen LogP contribution in [0.25, 0.3) is 33.6 Å². The minimum atomic E-state index is -0.379. The highest BCUT2D eigenvalue weighted by Crippen LogP contribution is 2.32. The van der Waals surface area contributed by atoms with Crippen LogP contribution in [0.15, 0.2) is 83.3 Å². The maximum atomic E-state index is 12.6. The number of amides is 3. The Labute approximate surface area is 249 Å². The number of aromatic nitrogens is 2. The Kier molecular flexibility index (Phi) is 8.01. The lowest BCUT2D eigenvalue weighted by molar-refractivity contribution is -0.115. The van der Waals surface area contributed by atoms with Gasteiger partial charge in [0.2, 0.25) is 5.91 Å². The van der Waals surface area contributed by atoms with Crippen LogP contribution in [0, 0.1) is 6.92 Å². The number of carbonyl (C=O) groups excluding carboxylic acids is 2. The van der Waals surface area contributed by atoms with Crippen molar-refractivity contribution in [1.82, 2.24) is 9.97 Å². The van der Waals surface area contributed by atoms with E-state index in [1.807, 2.05) is 55.5 Å². The van der Waals surface area contributed by atoms with Gasteiger partial charge in [-0.15, -0.1) is 0 Å². The average molecular weight is 577 g/mol. The van der Waals surface area contributed by atoms with Gasteiger partial charge in [-0.3, -0.25) is 4.79 Å². The SMILES string of the molecule is CCC(=O)Nc1ccc(NC(=O)Nc2ccc(-c3nc(N4CCOCC4)c4ccc(-c5ccc(C)o5)cc4n3)cc2)cc1. The van der Waals surface area contributed by atoms with E-state index in [1.54, 1.807) is 31.2 Å². The number of hydrogen-bond acceptors (Lipinski definition) is 7. The predicted molar refractivity (Wildman–Crippen MR) is 168 cm³/mol. The van der Waals surface area contributed by atoms with Gasteiger partial charge in [0.15, 0.2) is 5.82 Å². The van der Waals surface area contributed by atoms with Crippen molar-refractivity contribution in [3.8, 4) is 22.7 Å². The van der Waals surface area contributed by atoms with Crippen molar-refractivity contribution in [2.75, 3.05) is 47.2 Å². The van der Waals surface area contributed by atoms with Gasteiger partial charge in [-0.1, -0.05) is 13.0 Å². The van der Waals surface area contributed by atoms with Crippen molar-refractivity contribution in [2.24, 2.45) is 0 Å². The molecule has 1 fully saturated rings. The lowest BCUT2D eigenvalue weighted by atomic mass is 10.1. The van der Waals surface area contributed by atoms with Crippen LogP contribution in [-0.4, -0.2) is 48.2 Å². The topological polar surface area (TPSA) is 122 Å². The van der Waals surface area contributed by atoms with Crippen molar-refractivity contribution in [1.29, 1.82) is 0 Å². The van der Waals surface area contributed by atoms with Crippen LogP contribution in [0.3, 0.4) is 0 Å². The van der Waals surface area contributed by atoms with Gasteiger partial charge in [0.05, 0.1) is 18.7 Å². The summed E-state index contributed by atoms with van der Waals surface area (Å²) < 4.78 is 11.4. The minimum absolute atomic E-state index is 0.0676. The van der Waals surface area contributed by atoms with Crippen LogP contribution < -0.4 is 20.9 Å².